The zero-order valence-corrected chi connectivity index (χ0v) is 30.8. The number of aromatic nitrogens is 3. The number of rotatable bonds is 9. The molecule has 4 N–H and O–H groups in total. The maximum Gasteiger partial charge on any atom is 0.267 e. The standard InChI is InChI=1S/C36H35ClN10O6S/c1-19-5-3-7-23(37)32(19)44-33(51)25-17-38-36(54-25)42-26-16-27(40-20(2)39-26)46-13-11-45(12-14-46)18-30(50)41-24-8-4-6-22-31(24)35(53)47(34(22)52)21-9-10-28(48)43-29(49)15-21/h3-8,16-17,21H,9-15,18H2,1-2H3,(H,41,50)(H,44,51)(H,43,48,49)(H,38,39,40,42). The Morgan fingerprint density at radius 2 is 1.74 bits per heavy atom. The first-order valence-electron chi connectivity index (χ1n) is 17.2. The maximum atomic E-state index is 13.5. The Balaban J connectivity index is 0.939. The largest absolute Gasteiger partial charge is 0.354 e. The van der Waals surface area contributed by atoms with Crippen LogP contribution in [0.2, 0.25) is 5.02 Å². The minimum Gasteiger partial charge on any atom is -0.354 e. The summed E-state index contributed by atoms with van der Waals surface area (Å²) in [6, 6.07) is 11.1. The molecule has 278 valence electrons. The van der Waals surface area contributed by atoms with Gasteiger partial charge in [0.05, 0.1) is 40.3 Å². The monoisotopic (exact) mass is 770 g/mol. The topological polar surface area (TPSA) is 199 Å². The number of benzene rings is 2. The second-order valence-corrected chi connectivity index (χ2v) is 14.5. The van der Waals surface area contributed by atoms with Gasteiger partial charge in [0.25, 0.3) is 17.7 Å². The minimum absolute atomic E-state index is 0.0105. The highest BCUT2D eigenvalue weighted by Gasteiger charge is 2.43. The lowest BCUT2D eigenvalue weighted by atomic mass is 10.1. The number of hydrogen-bond acceptors (Lipinski definition) is 13. The van der Waals surface area contributed by atoms with Crippen LogP contribution in [-0.4, -0.2) is 99.0 Å². The van der Waals surface area contributed by atoms with Gasteiger partial charge in [-0.2, -0.15) is 0 Å². The molecule has 0 saturated carbocycles. The van der Waals surface area contributed by atoms with Crippen molar-refractivity contribution in [2.24, 2.45) is 0 Å². The molecule has 2 fully saturated rings. The van der Waals surface area contributed by atoms with Crippen molar-refractivity contribution in [2.75, 3.05) is 53.6 Å². The zero-order valence-electron chi connectivity index (χ0n) is 29.3. The van der Waals surface area contributed by atoms with E-state index in [0.29, 0.717) is 64.4 Å². The molecule has 54 heavy (non-hydrogen) atoms. The molecule has 1 atom stereocenters. The smallest absolute Gasteiger partial charge is 0.267 e. The predicted molar refractivity (Wildman–Crippen MR) is 201 cm³/mol. The van der Waals surface area contributed by atoms with Gasteiger partial charge in [-0.05, 0) is 44.0 Å². The number of halogens is 1. The third kappa shape index (κ3) is 7.78. The van der Waals surface area contributed by atoms with Gasteiger partial charge in [0.2, 0.25) is 17.7 Å². The van der Waals surface area contributed by atoms with Gasteiger partial charge in [-0.15, -0.1) is 0 Å². The normalized spacial score (nSPS) is 17.6. The van der Waals surface area contributed by atoms with Gasteiger partial charge in [-0.1, -0.05) is 41.1 Å². The Hall–Kier alpha value is -5.78. The molecule has 0 radical (unpaired) electrons. The SMILES string of the molecule is Cc1nc(Nc2ncc(C(=O)Nc3c(C)cccc3Cl)s2)cc(N2CCN(CC(=O)Nc3cccc4c3C(=O)N(C3CCC(=O)NC(=O)C3)C4=O)CC2)n1. The molecule has 1 unspecified atom stereocenters. The van der Waals surface area contributed by atoms with E-state index < -0.39 is 29.7 Å². The molecule has 7 rings (SSSR count). The van der Waals surface area contributed by atoms with Crippen LogP contribution < -0.4 is 26.2 Å². The van der Waals surface area contributed by atoms with Gasteiger partial charge in [-0.25, -0.2) is 15.0 Å². The van der Waals surface area contributed by atoms with E-state index in [4.69, 9.17) is 11.6 Å². The predicted octanol–water partition coefficient (Wildman–Crippen LogP) is 3.75. The van der Waals surface area contributed by atoms with E-state index in [9.17, 15) is 28.8 Å². The van der Waals surface area contributed by atoms with Crippen LogP contribution in [0.4, 0.5) is 28.1 Å². The number of piperazine rings is 1. The number of nitrogens with zero attached hydrogens (tertiary/aromatic N) is 6. The fraction of sp³-hybridized carbons (Fsp3) is 0.306. The summed E-state index contributed by atoms with van der Waals surface area (Å²) in [5, 5.41) is 12.0. The van der Waals surface area contributed by atoms with Crippen LogP contribution in [0.1, 0.15) is 61.0 Å². The van der Waals surface area contributed by atoms with E-state index in [2.05, 4.69) is 41.1 Å². The molecule has 0 spiro atoms. The van der Waals surface area contributed by atoms with Gasteiger partial charge < -0.3 is 20.9 Å². The number of fused-ring (bicyclic) bond motifs is 1. The van der Waals surface area contributed by atoms with Crippen molar-refractivity contribution in [1.82, 2.24) is 30.1 Å². The molecular formula is C36H35ClN10O6S. The molecule has 2 saturated heterocycles. The zero-order chi connectivity index (χ0) is 38.1. The summed E-state index contributed by atoms with van der Waals surface area (Å²) >= 11 is 7.45. The van der Waals surface area contributed by atoms with Gasteiger partial charge in [0.1, 0.15) is 22.3 Å². The molecule has 18 heteroatoms. The number of hydrogen-bond donors (Lipinski definition) is 4. The summed E-state index contributed by atoms with van der Waals surface area (Å²) < 4.78 is 0. The Morgan fingerprint density at radius 3 is 2.52 bits per heavy atom. The summed E-state index contributed by atoms with van der Waals surface area (Å²) in [7, 11) is 0. The summed E-state index contributed by atoms with van der Waals surface area (Å²) in [6.07, 6.45) is 1.49. The van der Waals surface area contributed by atoms with Crippen LogP contribution in [0, 0.1) is 13.8 Å². The van der Waals surface area contributed by atoms with Crippen molar-refractivity contribution >= 4 is 86.5 Å². The first kappa shape index (κ1) is 36.6. The third-order valence-electron chi connectivity index (χ3n) is 9.30. The number of anilines is 5. The molecule has 2 aromatic carbocycles. The van der Waals surface area contributed by atoms with Crippen molar-refractivity contribution in [1.29, 1.82) is 0 Å². The van der Waals surface area contributed by atoms with E-state index in [0.717, 1.165) is 10.5 Å². The Kier molecular flexibility index (Phi) is 10.4. The minimum atomic E-state index is -0.766. The molecule has 6 amide bonds. The first-order valence-corrected chi connectivity index (χ1v) is 18.4. The number of aryl methyl sites for hydroxylation is 2. The van der Waals surface area contributed by atoms with E-state index in [-0.39, 0.29) is 54.4 Å². The maximum absolute atomic E-state index is 13.5. The average Bonchev–Trinajstić information content (AvgIpc) is 3.64. The second kappa shape index (κ2) is 15.3. The molecule has 4 aromatic rings. The van der Waals surface area contributed by atoms with Crippen molar-refractivity contribution < 1.29 is 28.8 Å². The highest BCUT2D eigenvalue weighted by molar-refractivity contribution is 7.17. The van der Waals surface area contributed by atoms with Crippen molar-refractivity contribution in [3.63, 3.8) is 0 Å². The summed E-state index contributed by atoms with van der Waals surface area (Å²) in [4.78, 5) is 95.9. The van der Waals surface area contributed by atoms with Crippen molar-refractivity contribution in [3.05, 3.63) is 81.1 Å². The summed E-state index contributed by atoms with van der Waals surface area (Å²) in [6.45, 7) is 5.96. The molecule has 0 bridgehead atoms. The number of carbonyl (C=O) groups excluding carboxylic acids is 6. The number of nitrogens with one attached hydrogen (secondary N) is 4. The molecular weight excluding hydrogens is 736 g/mol. The van der Waals surface area contributed by atoms with E-state index in [1.54, 1.807) is 31.2 Å². The van der Waals surface area contributed by atoms with Crippen molar-refractivity contribution in [3.8, 4) is 0 Å². The number of amides is 6. The number of carbonyl (C=O) groups is 6. The fourth-order valence-corrected chi connectivity index (χ4v) is 7.65. The first-order chi connectivity index (χ1) is 25.9. The molecule has 16 nitrogen and oxygen atoms in total. The van der Waals surface area contributed by atoms with E-state index >= 15 is 0 Å². The molecule has 2 aromatic heterocycles. The summed E-state index contributed by atoms with van der Waals surface area (Å²) in [5.41, 5.74) is 1.82. The second-order valence-electron chi connectivity index (χ2n) is 13.1. The fourth-order valence-electron chi connectivity index (χ4n) is 6.66. The third-order valence-corrected chi connectivity index (χ3v) is 10.5. The lowest BCUT2D eigenvalue weighted by molar-refractivity contribution is -0.129. The highest BCUT2D eigenvalue weighted by Crippen LogP contribution is 2.33. The Labute approximate surface area is 318 Å². The average molecular weight is 771 g/mol. The van der Waals surface area contributed by atoms with Crippen LogP contribution in [0.25, 0.3) is 0 Å². The van der Waals surface area contributed by atoms with Crippen LogP contribution in [0.3, 0.4) is 0 Å². The van der Waals surface area contributed by atoms with Gasteiger partial charge >= 0.3 is 0 Å². The lowest BCUT2D eigenvalue weighted by Crippen LogP contribution is -2.49. The van der Waals surface area contributed by atoms with Gasteiger partial charge in [0, 0.05) is 51.1 Å². The number of para-hydroxylation sites is 1. The summed E-state index contributed by atoms with van der Waals surface area (Å²) in [5.74, 6) is -1.08. The molecule has 3 aliphatic rings. The Bertz CT molecular complexity index is 2180. The molecule has 0 aliphatic carbocycles. The molecule has 5 heterocycles. The molecule has 3 aliphatic heterocycles. The van der Waals surface area contributed by atoms with Gasteiger partial charge in [-0.3, -0.25) is 43.9 Å². The highest BCUT2D eigenvalue weighted by atomic mass is 35.5. The van der Waals surface area contributed by atoms with Crippen LogP contribution in [0.5, 0.6) is 0 Å². The van der Waals surface area contributed by atoms with E-state index in [1.165, 1.54) is 23.6 Å². The van der Waals surface area contributed by atoms with Crippen LogP contribution >= 0.6 is 22.9 Å². The van der Waals surface area contributed by atoms with Crippen molar-refractivity contribution in [2.45, 2.75) is 39.2 Å². The van der Waals surface area contributed by atoms with Crippen LogP contribution in [0.15, 0.2) is 48.7 Å². The Morgan fingerprint density at radius 1 is 0.963 bits per heavy atom. The van der Waals surface area contributed by atoms with E-state index in [1.807, 2.05) is 24.0 Å². The van der Waals surface area contributed by atoms with Crippen LogP contribution in [-0.2, 0) is 14.4 Å². The number of imide groups is 2. The quantitative estimate of drug-likeness (QED) is 0.180. The lowest BCUT2D eigenvalue weighted by Gasteiger charge is -2.35. The number of thiazole rings is 1. The van der Waals surface area contributed by atoms with Gasteiger partial charge in [0.15, 0.2) is 5.13 Å².